The molecule has 0 saturated carbocycles. The number of hydrogen-bond donors (Lipinski definition) is 2. The van der Waals surface area contributed by atoms with Gasteiger partial charge in [-0.3, -0.25) is 4.79 Å². The number of benzene rings is 1. The van der Waals surface area contributed by atoms with Gasteiger partial charge in [0.25, 0.3) is 5.91 Å². The fraction of sp³-hybridized carbons (Fsp3) is 0.273. The van der Waals surface area contributed by atoms with Crippen LogP contribution in [0.2, 0.25) is 5.02 Å². The molecule has 2 atom stereocenters. The molecule has 1 aromatic carbocycles. The number of carbonyl (C=O) groups is 2. The first-order chi connectivity index (χ1) is 8.00. The SMILES string of the molecule is CC(O)C1NC(=O)N(c2ccc(Cl)cc2)C1=O. The van der Waals surface area contributed by atoms with Crippen molar-refractivity contribution in [1.29, 1.82) is 0 Å². The Labute approximate surface area is 103 Å². The van der Waals surface area contributed by atoms with Crippen molar-refractivity contribution in [2.45, 2.75) is 19.1 Å². The van der Waals surface area contributed by atoms with E-state index in [1.54, 1.807) is 24.3 Å². The predicted molar refractivity (Wildman–Crippen MR) is 62.9 cm³/mol. The maximum Gasteiger partial charge on any atom is 0.329 e. The number of hydrogen-bond acceptors (Lipinski definition) is 3. The van der Waals surface area contributed by atoms with Crippen molar-refractivity contribution in [2.75, 3.05) is 4.90 Å². The largest absolute Gasteiger partial charge is 0.391 e. The van der Waals surface area contributed by atoms with Crippen molar-refractivity contribution in [3.8, 4) is 0 Å². The summed E-state index contributed by atoms with van der Waals surface area (Å²) in [6.07, 6.45) is -0.927. The highest BCUT2D eigenvalue weighted by Gasteiger charge is 2.41. The third-order valence-electron chi connectivity index (χ3n) is 2.54. The number of imide groups is 1. The fourth-order valence-corrected chi connectivity index (χ4v) is 1.79. The number of carbonyl (C=O) groups excluding carboxylic acids is 2. The second kappa shape index (κ2) is 4.35. The summed E-state index contributed by atoms with van der Waals surface area (Å²) in [5.74, 6) is -0.465. The molecule has 1 aliphatic rings. The normalized spacial score (nSPS) is 21.6. The van der Waals surface area contributed by atoms with Crippen LogP contribution >= 0.6 is 11.6 Å². The Morgan fingerprint density at radius 2 is 1.94 bits per heavy atom. The Balaban J connectivity index is 2.30. The predicted octanol–water partition coefficient (Wildman–Crippen LogP) is 1.15. The molecule has 1 fully saturated rings. The summed E-state index contributed by atoms with van der Waals surface area (Å²) in [6, 6.07) is 4.90. The molecular weight excluding hydrogens is 244 g/mol. The van der Waals surface area contributed by atoms with Crippen LogP contribution in [-0.4, -0.2) is 29.2 Å². The quantitative estimate of drug-likeness (QED) is 0.778. The van der Waals surface area contributed by atoms with Gasteiger partial charge in [0.15, 0.2) is 0 Å². The van der Waals surface area contributed by atoms with E-state index in [0.717, 1.165) is 4.90 Å². The molecule has 0 radical (unpaired) electrons. The van der Waals surface area contributed by atoms with Gasteiger partial charge in [0.05, 0.1) is 11.8 Å². The summed E-state index contributed by atoms with van der Waals surface area (Å²) >= 11 is 5.73. The summed E-state index contributed by atoms with van der Waals surface area (Å²) in [4.78, 5) is 24.5. The highest BCUT2D eigenvalue weighted by atomic mass is 35.5. The van der Waals surface area contributed by atoms with Gasteiger partial charge < -0.3 is 10.4 Å². The first-order valence-corrected chi connectivity index (χ1v) is 5.46. The summed E-state index contributed by atoms with van der Waals surface area (Å²) in [5.41, 5.74) is 0.431. The van der Waals surface area contributed by atoms with Gasteiger partial charge in [0, 0.05) is 5.02 Å². The van der Waals surface area contributed by atoms with E-state index in [4.69, 9.17) is 11.6 Å². The number of halogens is 1. The lowest BCUT2D eigenvalue weighted by atomic mass is 10.2. The number of urea groups is 1. The Hall–Kier alpha value is -1.59. The minimum absolute atomic E-state index is 0.431. The van der Waals surface area contributed by atoms with E-state index in [-0.39, 0.29) is 0 Å². The molecule has 2 rings (SSSR count). The van der Waals surface area contributed by atoms with Gasteiger partial charge in [0.2, 0.25) is 0 Å². The highest BCUT2D eigenvalue weighted by Crippen LogP contribution is 2.22. The van der Waals surface area contributed by atoms with E-state index in [2.05, 4.69) is 5.32 Å². The molecule has 1 aromatic rings. The van der Waals surface area contributed by atoms with Crippen LogP contribution in [0, 0.1) is 0 Å². The molecule has 5 nitrogen and oxygen atoms in total. The van der Waals surface area contributed by atoms with Gasteiger partial charge in [-0.15, -0.1) is 0 Å². The fourth-order valence-electron chi connectivity index (χ4n) is 1.66. The van der Waals surface area contributed by atoms with Gasteiger partial charge in [-0.25, -0.2) is 9.69 Å². The van der Waals surface area contributed by atoms with E-state index >= 15 is 0 Å². The molecule has 0 bridgehead atoms. The monoisotopic (exact) mass is 254 g/mol. The van der Waals surface area contributed by atoms with E-state index in [0.29, 0.717) is 10.7 Å². The molecule has 3 amide bonds. The van der Waals surface area contributed by atoms with Crippen LogP contribution < -0.4 is 10.2 Å². The molecule has 1 saturated heterocycles. The zero-order chi connectivity index (χ0) is 12.6. The van der Waals surface area contributed by atoms with E-state index < -0.39 is 24.1 Å². The Bertz CT molecular complexity index is 458. The lowest BCUT2D eigenvalue weighted by Crippen LogP contribution is -2.39. The molecule has 1 heterocycles. The van der Waals surface area contributed by atoms with E-state index in [1.807, 2.05) is 0 Å². The molecule has 0 spiro atoms. The number of nitrogens with one attached hydrogen (secondary N) is 1. The van der Waals surface area contributed by atoms with Crippen LogP contribution in [-0.2, 0) is 4.79 Å². The average molecular weight is 255 g/mol. The standard InChI is InChI=1S/C11H11ClN2O3/c1-6(15)9-10(16)14(11(17)13-9)8-4-2-7(12)3-5-8/h2-6,9,15H,1H3,(H,13,17). The minimum atomic E-state index is -0.927. The number of rotatable bonds is 2. The first kappa shape index (κ1) is 11.9. The van der Waals surface area contributed by atoms with E-state index in [1.165, 1.54) is 6.92 Å². The van der Waals surface area contributed by atoms with Crippen LogP contribution in [0.25, 0.3) is 0 Å². The number of anilines is 1. The van der Waals surface area contributed by atoms with Crippen molar-refractivity contribution in [3.05, 3.63) is 29.3 Å². The zero-order valence-corrected chi connectivity index (χ0v) is 9.81. The molecule has 0 aliphatic carbocycles. The molecule has 17 heavy (non-hydrogen) atoms. The molecule has 0 aromatic heterocycles. The number of aliphatic hydroxyl groups excluding tert-OH is 1. The first-order valence-electron chi connectivity index (χ1n) is 5.09. The van der Waals surface area contributed by atoms with Crippen molar-refractivity contribution in [1.82, 2.24) is 5.32 Å². The third-order valence-corrected chi connectivity index (χ3v) is 2.79. The summed E-state index contributed by atoms with van der Waals surface area (Å²) in [7, 11) is 0. The number of amides is 3. The van der Waals surface area contributed by atoms with Gasteiger partial charge in [-0.1, -0.05) is 11.6 Å². The van der Waals surface area contributed by atoms with E-state index in [9.17, 15) is 14.7 Å². The summed E-state index contributed by atoms with van der Waals surface area (Å²) in [5, 5.41) is 12.3. The molecular formula is C11H11ClN2O3. The second-order valence-electron chi connectivity index (χ2n) is 3.82. The van der Waals surface area contributed by atoms with Crippen LogP contribution in [0.4, 0.5) is 10.5 Å². The van der Waals surface area contributed by atoms with Gasteiger partial charge >= 0.3 is 6.03 Å². The van der Waals surface area contributed by atoms with Crippen LogP contribution in [0.1, 0.15) is 6.92 Å². The Morgan fingerprint density at radius 3 is 2.41 bits per heavy atom. The van der Waals surface area contributed by atoms with Crippen LogP contribution in [0.5, 0.6) is 0 Å². The summed E-state index contributed by atoms with van der Waals surface area (Å²) < 4.78 is 0. The van der Waals surface area contributed by atoms with Crippen molar-refractivity contribution < 1.29 is 14.7 Å². The Kier molecular flexibility index (Phi) is 3.04. The van der Waals surface area contributed by atoms with Crippen LogP contribution in [0.3, 0.4) is 0 Å². The second-order valence-corrected chi connectivity index (χ2v) is 4.25. The Morgan fingerprint density at radius 1 is 1.35 bits per heavy atom. The number of aliphatic hydroxyl groups is 1. The zero-order valence-electron chi connectivity index (χ0n) is 9.05. The van der Waals surface area contributed by atoms with Crippen molar-refractivity contribution >= 4 is 29.2 Å². The van der Waals surface area contributed by atoms with Crippen LogP contribution in [0.15, 0.2) is 24.3 Å². The topological polar surface area (TPSA) is 69.6 Å². The van der Waals surface area contributed by atoms with Crippen molar-refractivity contribution in [3.63, 3.8) is 0 Å². The smallest absolute Gasteiger partial charge is 0.329 e. The molecule has 2 unspecified atom stereocenters. The van der Waals surface area contributed by atoms with Crippen molar-refractivity contribution in [2.24, 2.45) is 0 Å². The maximum atomic E-state index is 11.9. The molecule has 6 heteroatoms. The molecule has 90 valence electrons. The average Bonchev–Trinajstić information content (AvgIpc) is 2.56. The lowest BCUT2D eigenvalue weighted by Gasteiger charge is -2.13. The maximum absolute atomic E-state index is 11.9. The highest BCUT2D eigenvalue weighted by molar-refractivity contribution is 6.30. The lowest BCUT2D eigenvalue weighted by molar-refractivity contribution is -0.120. The molecule has 2 N–H and O–H groups in total. The summed E-state index contributed by atoms with van der Waals surface area (Å²) in [6.45, 7) is 1.45. The van der Waals surface area contributed by atoms with Gasteiger partial charge in [-0.2, -0.15) is 0 Å². The molecule has 1 aliphatic heterocycles. The minimum Gasteiger partial charge on any atom is -0.391 e. The van der Waals surface area contributed by atoms with Gasteiger partial charge in [-0.05, 0) is 31.2 Å². The van der Waals surface area contributed by atoms with Gasteiger partial charge in [0.1, 0.15) is 6.04 Å². The third kappa shape index (κ3) is 2.11. The number of nitrogens with zero attached hydrogens (tertiary/aromatic N) is 1.